The smallest absolute Gasteiger partial charge is 0.251 e. The van der Waals surface area contributed by atoms with E-state index in [9.17, 15) is 9.59 Å². The summed E-state index contributed by atoms with van der Waals surface area (Å²) in [5.74, 6) is 0.625. The van der Waals surface area contributed by atoms with Crippen LogP contribution >= 0.6 is 0 Å². The lowest BCUT2D eigenvalue weighted by Gasteiger charge is -2.15. The summed E-state index contributed by atoms with van der Waals surface area (Å²) in [5, 5.41) is 5.73. The van der Waals surface area contributed by atoms with E-state index in [-0.39, 0.29) is 17.9 Å². The Morgan fingerprint density at radius 1 is 1.08 bits per heavy atom. The van der Waals surface area contributed by atoms with Crippen LogP contribution in [0, 0.1) is 0 Å². The van der Waals surface area contributed by atoms with Crippen LogP contribution in [0.4, 0.5) is 0 Å². The van der Waals surface area contributed by atoms with Crippen molar-refractivity contribution in [3.05, 3.63) is 65.2 Å². The number of rotatable bonds is 7. The van der Waals surface area contributed by atoms with Gasteiger partial charge in [0.25, 0.3) is 5.91 Å². The molecule has 132 valence electrons. The maximum atomic E-state index is 12.3. The third-order valence-corrected chi connectivity index (χ3v) is 3.81. The van der Waals surface area contributed by atoms with Crippen LogP contribution in [-0.4, -0.2) is 25.0 Å². The summed E-state index contributed by atoms with van der Waals surface area (Å²) in [6, 6.07) is 15.1. The Kier molecular flexibility index (Phi) is 6.57. The number of carbonyl (C=O) groups is 2. The van der Waals surface area contributed by atoms with Crippen molar-refractivity contribution in [2.75, 3.05) is 7.11 Å². The molecule has 0 bridgehead atoms. The van der Waals surface area contributed by atoms with Crippen molar-refractivity contribution in [1.82, 2.24) is 10.6 Å². The van der Waals surface area contributed by atoms with Gasteiger partial charge in [0, 0.05) is 25.1 Å². The molecule has 1 atom stereocenters. The highest BCUT2D eigenvalue weighted by atomic mass is 16.5. The Morgan fingerprint density at radius 3 is 2.44 bits per heavy atom. The first-order chi connectivity index (χ1) is 12.0. The number of ether oxygens (including phenoxy) is 1. The van der Waals surface area contributed by atoms with Gasteiger partial charge in [-0.15, -0.1) is 0 Å². The van der Waals surface area contributed by atoms with Gasteiger partial charge in [0.15, 0.2) is 0 Å². The molecule has 0 fully saturated rings. The number of carbonyl (C=O) groups excluding carboxylic acids is 2. The number of hydrogen-bond acceptors (Lipinski definition) is 3. The molecular formula is C20H24N2O3. The van der Waals surface area contributed by atoms with Crippen LogP contribution in [0.15, 0.2) is 48.5 Å². The summed E-state index contributed by atoms with van der Waals surface area (Å²) in [6.45, 7) is 3.91. The molecular weight excluding hydrogens is 316 g/mol. The van der Waals surface area contributed by atoms with Gasteiger partial charge in [-0.1, -0.05) is 24.3 Å². The van der Waals surface area contributed by atoms with E-state index in [0.717, 1.165) is 23.3 Å². The van der Waals surface area contributed by atoms with Gasteiger partial charge in [0.1, 0.15) is 5.75 Å². The van der Waals surface area contributed by atoms with Crippen molar-refractivity contribution in [3.63, 3.8) is 0 Å². The normalized spacial score (nSPS) is 11.5. The second kappa shape index (κ2) is 8.87. The summed E-state index contributed by atoms with van der Waals surface area (Å²) in [6.07, 6.45) is 0.726. The molecule has 2 aromatic carbocycles. The van der Waals surface area contributed by atoms with Crippen LogP contribution in [0.25, 0.3) is 0 Å². The molecule has 0 radical (unpaired) electrons. The molecule has 5 heteroatoms. The van der Waals surface area contributed by atoms with E-state index in [4.69, 9.17) is 4.74 Å². The summed E-state index contributed by atoms with van der Waals surface area (Å²) in [7, 11) is 1.64. The Labute approximate surface area is 148 Å². The van der Waals surface area contributed by atoms with E-state index < -0.39 is 0 Å². The van der Waals surface area contributed by atoms with E-state index in [2.05, 4.69) is 10.6 Å². The molecule has 2 rings (SSSR count). The highest BCUT2D eigenvalue weighted by molar-refractivity contribution is 5.94. The molecule has 0 aromatic heterocycles. The van der Waals surface area contributed by atoms with Gasteiger partial charge in [-0.3, -0.25) is 9.59 Å². The fourth-order valence-electron chi connectivity index (χ4n) is 2.51. The van der Waals surface area contributed by atoms with E-state index in [1.807, 2.05) is 43.3 Å². The lowest BCUT2D eigenvalue weighted by molar-refractivity contribution is -0.119. The van der Waals surface area contributed by atoms with Crippen LogP contribution < -0.4 is 15.4 Å². The number of methoxy groups -OCH3 is 1. The maximum Gasteiger partial charge on any atom is 0.251 e. The molecule has 0 saturated carbocycles. The fraction of sp³-hybridized carbons (Fsp3) is 0.300. The predicted octanol–water partition coefficient (Wildman–Crippen LogP) is 2.69. The van der Waals surface area contributed by atoms with Gasteiger partial charge in [-0.05, 0) is 48.7 Å². The molecule has 5 nitrogen and oxygen atoms in total. The van der Waals surface area contributed by atoms with Crippen molar-refractivity contribution in [2.24, 2.45) is 0 Å². The molecule has 0 aliphatic heterocycles. The lowest BCUT2D eigenvalue weighted by Crippen LogP contribution is -2.34. The highest BCUT2D eigenvalue weighted by Crippen LogP contribution is 2.14. The standard InChI is InChI=1S/C20H24N2O3/c1-14(11-17-5-4-6-19(12-17)25-3)22-20(24)18-9-7-16(8-10-18)13-21-15(2)23/h4-10,12,14H,11,13H2,1-3H3,(H,21,23)(H,22,24)/t14-/m0/s1. The third-order valence-electron chi connectivity index (χ3n) is 3.81. The first-order valence-corrected chi connectivity index (χ1v) is 8.25. The van der Waals surface area contributed by atoms with Crippen molar-refractivity contribution in [3.8, 4) is 5.75 Å². The van der Waals surface area contributed by atoms with Gasteiger partial charge >= 0.3 is 0 Å². The second-order valence-electron chi connectivity index (χ2n) is 6.04. The first kappa shape index (κ1) is 18.5. The number of hydrogen-bond donors (Lipinski definition) is 2. The molecule has 0 aliphatic carbocycles. The van der Waals surface area contributed by atoms with Gasteiger partial charge in [-0.2, -0.15) is 0 Å². The van der Waals surface area contributed by atoms with E-state index in [1.165, 1.54) is 6.92 Å². The monoisotopic (exact) mass is 340 g/mol. The van der Waals surface area contributed by atoms with Gasteiger partial charge in [0.2, 0.25) is 5.91 Å². The fourth-order valence-corrected chi connectivity index (χ4v) is 2.51. The van der Waals surface area contributed by atoms with Crippen LogP contribution in [0.5, 0.6) is 5.75 Å². The molecule has 2 N–H and O–H groups in total. The lowest BCUT2D eigenvalue weighted by atomic mass is 10.1. The molecule has 0 heterocycles. The molecule has 0 aliphatic rings. The zero-order chi connectivity index (χ0) is 18.2. The highest BCUT2D eigenvalue weighted by Gasteiger charge is 2.11. The molecule has 2 amide bonds. The quantitative estimate of drug-likeness (QED) is 0.814. The largest absolute Gasteiger partial charge is 0.497 e. The average Bonchev–Trinajstić information content (AvgIpc) is 2.60. The minimum absolute atomic E-state index is 0.00124. The van der Waals surface area contributed by atoms with Crippen LogP contribution in [0.3, 0.4) is 0 Å². The maximum absolute atomic E-state index is 12.3. The molecule has 0 saturated heterocycles. The first-order valence-electron chi connectivity index (χ1n) is 8.25. The molecule has 0 spiro atoms. The van der Waals surface area contributed by atoms with Crippen molar-refractivity contribution < 1.29 is 14.3 Å². The third kappa shape index (κ3) is 5.95. The van der Waals surface area contributed by atoms with Gasteiger partial charge in [-0.25, -0.2) is 0 Å². The van der Waals surface area contributed by atoms with Gasteiger partial charge < -0.3 is 15.4 Å². The summed E-state index contributed by atoms with van der Waals surface area (Å²) in [4.78, 5) is 23.3. The molecule has 0 unspecified atom stereocenters. The summed E-state index contributed by atoms with van der Waals surface area (Å²) >= 11 is 0. The second-order valence-corrected chi connectivity index (χ2v) is 6.04. The zero-order valence-corrected chi connectivity index (χ0v) is 14.8. The van der Waals surface area contributed by atoms with Crippen molar-refractivity contribution in [2.45, 2.75) is 32.9 Å². The van der Waals surface area contributed by atoms with Crippen LogP contribution in [0.2, 0.25) is 0 Å². The minimum atomic E-state index is -0.110. The Balaban J connectivity index is 1.90. The minimum Gasteiger partial charge on any atom is -0.497 e. The van der Waals surface area contributed by atoms with Crippen LogP contribution in [-0.2, 0) is 17.8 Å². The Hall–Kier alpha value is -2.82. The summed E-state index contributed by atoms with van der Waals surface area (Å²) in [5.41, 5.74) is 2.66. The number of amides is 2. The summed E-state index contributed by atoms with van der Waals surface area (Å²) < 4.78 is 5.22. The predicted molar refractivity (Wildman–Crippen MR) is 97.6 cm³/mol. The van der Waals surface area contributed by atoms with E-state index >= 15 is 0 Å². The molecule has 25 heavy (non-hydrogen) atoms. The zero-order valence-electron chi connectivity index (χ0n) is 14.8. The average molecular weight is 340 g/mol. The Bertz CT molecular complexity index is 726. The number of benzene rings is 2. The van der Waals surface area contributed by atoms with E-state index in [1.54, 1.807) is 19.2 Å². The number of nitrogens with one attached hydrogen (secondary N) is 2. The van der Waals surface area contributed by atoms with E-state index in [0.29, 0.717) is 12.1 Å². The topological polar surface area (TPSA) is 67.4 Å². The SMILES string of the molecule is COc1cccc(C[C@H](C)NC(=O)c2ccc(CNC(C)=O)cc2)c1. The Morgan fingerprint density at radius 2 is 1.80 bits per heavy atom. The van der Waals surface area contributed by atoms with Crippen LogP contribution in [0.1, 0.15) is 35.3 Å². The van der Waals surface area contributed by atoms with Crippen molar-refractivity contribution in [1.29, 1.82) is 0 Å². The molecule has 2 aromatic rings. The van der Waals surface area contributed by atoms with Gasteiger partial charge in [0.05, 0.1) is 7.11 Å². The van der Waals surface area contributed by atoms with Crippen molar-refractivity contribution >= 4 is 11.8 Å².